The number of carboxylic acid groups (broad SMARTS) is 1. The summed E-state index contributed by atoms with van der Waals surface area (Å²) in [4.78, 5) is 24.5. The molecule has 36 heavy (non-hydrogen) atoms. The summed E-state index contributed by atoms with van der Waals surface area (Å²) in [6, 6.07) is 24.2. The zero-order valence-corrected chi connectivity index (χ0v) is 21.2. The topological polar surface area (TPSA) is 59.3 Å². The van der Waals surface area contributed by atoms with Gasteiger partial charge in [0.2, 0.25) is 0 Å². The second-order valence-electron chi connectivity index (χ2n) is 9.84. The first-order valence-corrected chi connectivity index (χ1v) is 12.5. The quantitative estimate of drug-likeness (QED) is 0.253. The largest absolute Gasteiger partial charge is 0.481 e. The van der Waals surface area contributed by atoms with Crippen molar-refractivity contribution in [3.05, 3.63) is 107 Å². The maximum atomic E-state index is 13.5. The minimum atomic E-state index is -0.804. The molecule has 0 saturated carbocycles. The number of benzene rings is 3. The van der Waals surface area contributed by atoms with Crippen LogP contribution in [0.1, 0.15) is 66.2 Å². The molecule has 0 aliphatic heterocycles. The van der Waals surface area contributed by atoms with Crippen molar-refractivity contribution in [3.8, 4) is 0 Å². The highest BCUT2D eigenvalue weighted by Gasteiger charge is 2.15. The van der Waals surface area contributed by atoms with Crippen molar-refractivity contribution in [1.82, 2.24) is 4.57 Å². The first-order valence-electron chi connectivity index (χ1n) is 12.5. The van der Waals surface area contributed by atoms with Gasteiger partial charge in [0.15, 0.2) is 0 Å². The monoisotopic (exact) mass is 479 g/mol. The van der Waals surface area contributed by atoms with E-state index in [0.29, 0.717) is 24.3 Å². The third-order valence-electron chi connectivity index (χ3n) is 6.42. The van der Waals surface area contributed by atoms with Gasteiger partial charge in [-0.05, 0) is 78.1 Å². The molecule has 3 aromatic carbocycles. The zero-order valence-electron chi connectivity index (χ0n) is 21.2. The predicted octanol–water partition coefficient (Wildman–Crippen LogP) is 7.50. The number of aliphatic carboxylic acids is 1. The summed E-state index contributed by atoms with van der Waals surface area (Å²) in [5.41, 5.74) is 7.07. The van der Waals surface area contributed by atoms with E-state index in [1.165, 1.54) is 11.1 Å². The third-order valence-corrected chi connectivity index (χ3v) is 6.42. The molecule has 0 unspecified atom stereocenters. The lowest BCUT2D eigenvalue weighted by Crippen LogP contribution is -2.10. The van der Waals surface area contributed by atoms with Crippen LogP contribution in [0, 0.1) is 5.92 Å². The molecular weight excluding hydrogens is 446 g/mol. The number of carbonyl (C=O) groups is 2. The minimum Gasteiger partial charge on any atom is -0.481 e. The van der Waals surface area contributed by atoms with Gasteiger partial charge in [-0.15, -0.1) is 0 Å². The molecule has 4 heteroatoms. The Morgan fingerprint density at radius 1 is 0.944 bits per heavy atom. The first kappa shape index (κ1) is 25.2. The minimum absolute atomic E-state index is 0.0957. The number of carbonyl (C=O) groups excluding carboxylic acids is 1. The summed E-state index contributed by atoms with van der Waals surface area (Å²) in [6.07, 6.45) is 6.31. The summed E-state index contributed by atoms with van der Waals surface area (Å²) in [5, 5.41) is 9.98. The van der Waals surface area contributed by atoms with Crippen LogP contribution in [0.15, 0.2) is 79.0 Å². The fourth-order valence-corrected chi connectivity index (χ4v) is 4.66. The smallest absolute Gasteiger partial charge is 0.303 e. The Labute approximate surface area is 212 Å². The van der Waals surface area contributed by atoms with Crippen molar-refractivity contribution in [2.75, 3.05) is 0 Å². The van der Waals surface area contributed by atoms with Gasteiger partial charge >= 0.3 is 5.97 Å². The Morgan fingerprint density at radius 3 is 2.42 bits per heavy atom. The Morgan fingerprint density at radius 2 is 1.69 bits per heavy atom. The molecule has 0 bridgehead atoms. The van der Waals surface area contributed by atoms with Gasteiger partial charge in [-0.2, -0.15) is 0 Å². The van der Waals surface area contributed by atoms with E-state index < -0.39 is 5.97 Å². The standard InChI is InChI=1S/C32H33NO3/c1-22(2)18-24-14-16-26(17-15-24)23(3)19-25-8-6-9-27(20-25)32(36)33-21-28(10-7-13-31(34)35)29-11-4-5-12-30(29)33/h4-6,8-9,11-12,14-17,19-22H,7,10,13,18H2,1-3H3,(H,34,35). The van der Waals surface area contributed by atoms with Crippen molar-refractivity contribution >= 4 is 34.4 Å². The second kappa shape index (κ2) is 11.2. The Balaban J connectivity index is 1.59. The molecule has 184 valence electrons. The van der Waals surface area contributed by atoms with Crippen LogP contribution in [0.4, 0.5) is 0 Å². The van der Waals surface area contributed by atoms with Gasteiger partial charge in [0, 0.05) is 23.6 Å². The summed E-state index contributed by atoms with van der Waals surface area (Å²) in [6.45, 7) is 6.54. The molecule has 0 radical (unpaired) electrons. The average Bonchev–Trinajstić information content (AvgIpc) is 3.22. The highest BCUT2D eigenvalue weighted by atomic mass is 16.4. The molecular formula is C32H33NO3. The number of para-hydroxylation sites is 1. The number of allylic oxidation sites excluding steroid dienone is 1. The number of aromatic nitrogens is 1. The molecule has 1 aromatic heterocycles. The highest BCUT2D eigenvalue weighted by molar-refractivity contribution is 6.03. The van der Waals surface area contributed by atoms with Crippen LogP contribution in [-0.2, 0) is 17.6 Å². The summed E-state index contributed by atoms with van der Waals surface area (Å²) in [5.74, 6) is -0.269. The van der Waals surface area contributed by atoms with Gasteiger partial charge in [0.05, 0.1) is 5.52 Å². The molecule has 0 spiro atoms. The Bertz CT molecular complexity index is 1410. The fourth-order valence-electron chi connectivity index (χ4n) is 4.66. The normalized spacial score (nSPS) is 11.8. The van der Waals surface area contributed by atoms with Gasteiger partial charge in [0.1, 0.15) is 0 Å². The number of rotatable bonds is 9. The van der Waals surface area contributed by atoms with Gasteiger partial charge in [-0.25, -0.2) is 0 Å². The van der Waals surface area contributed by atoms with Gasteiger partial charge in [-0.3, -0.25) is 14.2 Å². The maximum Gasteiger partial charge on any atom is 0.303 e. The number of carboxylic acids is 1. The Kier molecular flexibility index (Phi) is 7.84. The van der Waals surface area contributed by atoms with Gasteiger partial charge < -0.3 is 5.11 Å². The molecule has 0 fully saturated rings. The molecule has 4 rings (SSSR count). The van der Waals surface area contributed by atoms with E-state index in [1.54, 1.807) is 4.57 Å². The SMILES string of the molecule is CC(=Cc1cccc(C(=O)n2cc(CCCC(=O)O)c3ccccc32)c1)c1ccc(CC(C)C)cc1. The molecule has 0 aliphatic carbocycles. The molecule has 1 N–H and O–H groups in total. The molecule has 0 atom stereocenters. The molecule has 0 saturated heterocycles. The van der Waals surface area contributed by atoms with Crippen molar-refractivity contribution in [2.45, 2.75) is 46.5 Å². The highest BCUT2D eigenvalue weighted by Crippen LogP contribution is 2.25. The van der Waals surface area contributed by atoms with Gasteiger partial charge in [0.25, 0.3) is 5.91 Å². The van der Waals surface area contributed by atoms with Crippen molar-refractivity contribution in [3.63, 3.8) is 0 Å². The molecule has 0 amide bonds. The van der Waals surface area contributed by atoms with Crippen molar-refractivity contribution in [2.24, 2.45) is 5.92 Å². The van der Waals surface area contributed by atoms with Crippen LogP contribution in [0.5, 0.6) is 0 Å². The molecule has 4 nitrogen and oxygen atoms in total. The predicted molar refractivity (Wildman–Crippen MR) is 147 cm³/mol. The van der Waals surface area contributed by atoms with Crippen LogP contribution in [0.25, 0.3) is 22.6 Å². The van der Waals surface area contributed by atoms with Crippen molar-refractivity contribution in [1.29, 1.82) is 0 Å². The zero-order chi connectivity index (χ0) is 25.7. The van der Waals surface area contributed by atoms with E-state index >= 15 is 0 Å². The number of hydrogen-bond donors (Lipinski definition) is 1. The fraction of sp³-hybridized carbons (Fsp3) is 0.250. The second-order valence-corrected chi connectivity index (χ2v) is 9.84. The van der Waals surface area contributed by atoms with Crippen LogP contribution >= 0.6 is 0 Å². The Hall–Kier alpha value is -3.92. The van der Waals surface area contributed by atoms with E-state index in [9.17, 15) is 9.59 Å². The van der Waals surface area contributed by atoms with E-state index in [-0.39, 0.29) is 12.3 Å². The van der Waals surface area contributed by atoms with Crippen molar-refractivity contribution < 1.29 is 14.7 Å². The van der Waals surface area contributed by atoms with Crippen LogP contribution < -0.4 is 0 Å². The first-order chi connectivity index (χ1) is 17.3. The van der Waals surface area contributed by atoms with E-state index in [0.717, 1.165) is 34.0 Å². The van der Waals surface area contributed by atoms with Gasteiger partial charge in [-0.1, -0.05) is 74.5 Å². The number of hydrogen-bond acceptors (Lipinski definition) is 2. The average molecular weight is 480 g/mol. The molecule has 0 aliphatic rings. The summed E-state index contributed by atoms with van der Waals surface area (Å²) in [7, 11) is 0. The van der Waals surface area contributed by atoms with E-state index in [1.807, 2.05) is 54.7 Å². The van der Waals surface area contributed by atoms with Crippen LogP contribution in [0.3, 0.4) is 0 Å². The van der Waals surface area contributed by atoms with E-state index in [4.69, 9.17) is 5.11 Å². The molecule has 4 aromatic rings. The molecule has 1 heterocycles. The van der Waals surface area contributed by atoms with Crippen LogP contribution in [-0.4, -0.2) is 21.6 Å². The number of fused-ring (bicyclic) bond motifs is 1. The maximum absolute atomic E-state index is 13.5. The summed E-state index contributed by atoms with van der Waals surface area (Å²) < 4.78 is 1.69. The summed E-state index contributed by atoms with van der Waals surface area (Å²) >= 11 is 0. The lowest BCUT2D eigenvalue weighted by atomic mass is 9.98. The lowest BCUT2D eigenvalue weighted by Gasteiger charge is -2.08. The third kappa shape index (κ3) is 6.01. The lowest BCUT2D eigenvalue weighted by molar-refractivity contribution is -0.137. The van der Waals surface area contributed by atoms with Crippen LogP contribution in [0.2, 0.25) is 0 Å². The van der Waals surface area contributed by atoms with E-state index in [2.05, 4.69) is 51.1 Å². The number of aryl methyl sites for hydroxylation is 1. The number of nitrogens with zero attached hydrogens (tertiary/aromatic N) is 1.